The van der Waals surface area contributed by atoms with E-state index in [1.165, 1.54) is 0 Å². The summed E-state index contributed by atoms with van der Waals surface area (Å²) in [5.74, 6) is 0.119. The van der Waals surface area contributed by atoms with E-state index in [1.807, 2.05) is 0 Å². The molecule has 1 amide bonds. The summed E-state index contributed by atoms with van der Waals surface area (Å²) in [5.41, 5.74) is 5.22. The SMILES string of the molecule is CN(CC1CC(O)C1)C(=O)CC(N)=NO. The lowest BCUT2D eigenvalue weighted by atomic mass is 9.82. The Bertz CT molecular complexity index is 261. The Kier molecular flexibility index (Phi) is 3.90. The van der Waals surface area contributed by atoms with Crippen molar-refractivity contribution < 1.29 is 15.1 Å². The smallest absolute Gasteiger partial charge is 0.230 e. The van der Waals surface area contributed by atoms with E-state index in [4.69, 9.17) is 16.0 Å². The molecule has 0 heterocycles. The molecule has 0 atom stereocenters. The van der Waals surface area contributed by atoms with Crippen LogP contribution in [-0.4, -0.2) is 46.7 Å². The molecule has 0 saturated heterocycles. The molecule has 1 rings (SSSR count). The molecule has 15 heavy (non-hydrogen) atoms. The molecule has 1 aliphatic rings. The number of hydrogen-bond donors (Lipinski definition) is 3. The summed E-state index contributed by atoms with van der Waals surface area (Å²) in [6, 6.07) is 0. The molecule has 0 aromatic rings. The molecular formula is C9H17N3O3. The highest BCUT2D eigenvalue weighted by Crippen LogP contribution is 2.27. The number of aliphatic hydroxyl groups excluding tert-OH is 1. The van der Waals surface area contributed by atoms with Crippen LogP contribution in [0.1, 0.15) is 19.3 Å². The molecule has 1 aliphatic carbocycles. The van der Waals surface area contributed by atoms with Gasteiger partial charge in [-0.3, -0.25) is 4.79 Å². The van der Waals surface area contributed by atoms with Gasteiger partial charge < -0.3 is 20.9 Å². The molecule has 6 heteroatoms. The first kappa shape index (κ1) is 11.8. The highest BCUT2D eigenvalue weighted by molar-refractivity contribution is 5.98. The highest BCUT2D eigenvalue weighted by atomic mass is 16.4. The minimum Gasteiger partial charge on any atom is -0.409 e. The predicted octanol–water partition coefficient (Wildman–Crippen LogP) is -0.648. The molecule has 86 valence electrons. The lowest BCUT2D eigenvalue weighted by Gasteiger charge is -2.34. The summed E-state index contributed by atoms with van der Waals surface area (Å²) in [5, 5.41) is 20.1. The first-order valence-corrected chi connectivity index (χ1v) is 4.91. The second kappa shape index (κ2) is 4.97. The topological polar surface area (TPSA) is 99.2 Å². The third-order valence-electron chi connectivity index (χ3n) is 2.63. The number of nitrogens with two attached hydrogens (primary N) is 1. The predicted molar refractivity (Wildman–Crippen MR) is 54.4 cm³/mol. The van der Waals surface area contributed by atoms with Gasteiger partial charge in [0.05, 0.1) is 12.5 Å². The standard InChI is InChI=1S/C9H17N3O3/c1-12(5-6-2-7(13)3-6)9(14)4-8(10)11-15/h6-7,13,15H,2-5H2,1H3,(H2,10,11). The van der Waals surface area contributed by atoms with Crippen molar-refractivity contribution in [2.75, 3.05) is 13.6 Å². The Balaban J connectivity index is 2.27. The van der Waals surface area contributed by atoms with Crippen LogP contribution in [0.5, 0.6) is 0 Å². The van der Waals surface area contributed by atoms with Gasteiger partial charge in [-0.1, -0.05) is 5.16 Å². The van der Waals surface area contributed by atoms with E-state index in [0.29, 0.717) is 12.5 Å². The monoisotopic (exact) mass is 215 g/mol. The zero-order valence-electron chi connectivity index (χ0n) is 8.76. The van der Waals surface area contributed by atoms with E-state index < -0.39 is 0 Å². The summed E-state index contributed by atoms with van der Waals surface area (Å²) in [6.07, 6.45) is 1.23. The molecule has 0 aromatic heterocycles. The Morgan fingerprint density at radius 2 is 2.20 bits per heavy atom. The number of nitrogens with zero attached hydrogens (tertiary/aromatic N) is 2. The van der Waals surface area contributed by atoms with Crippen molar-refractivity contribution in [1.82, 2.24) is 4.90 Å². The van der Waals surface area contributed by atoms with Gasteiger partial charge in [0.25, 0.3) is 0 Å². The van der Waals surface area contributed by atoms with Gasteiger partial charge in [0.15, 0.2) is 0 Å². The van der Waals surface area contributed by atoms with Gasteiger partial charge >= 0.3 is 0 Å². The summed E-state index contributed by atoms with van der Waals surface area (Å²) >= 11 is 0. The van der Waals surface area contributed by atoms with Gasteiger partial charge in [0.1, 0.15) is 5.84 Å². The van der Waals surface area contributed by atoms with Gasteiger partial charge in [0.2, 0.25) is 5.91 Å². The van der Waals surface area contributed by atoms with E-state index in [0.717, 1.165) is 12.8 Å². The molecule has 0 unspecified atom stereocenters. The zero-order valence-corrected chi connectivity index (χ0v) is 8.76. The molecule has 4 N–H and O–H groups in total. The lowest BCUT2D eigenvalue weighted by Crippen LogP contribution is -2.40. The maximum atomic E-state index is 11.5. The van der Waals surface area contributed by atoms with Crippen LogP contribution in [0.2, 0.25) is 0 Å². The van der Waals surface area contributed by atoms with Crippen LogP contribution < -0.4 is 5.73 Å². The maximum absolute atomic E-state index is 11.5. The van der Waals surface area contributed by atoms with E-state index >= 15 is 0 Å². The lowest BCUT2D eigenvalue weighted by molar-refractivity contribution is -0.130. The van der Waals surface area contributed by atoms with Crippen LogP contribution in [0.3, 0.4) is 0 Å². The molecule has 0 aromatic carbocycles. The molecule has 0 radical (unpaired) electrons. The molecule has 0 aliphatic heterocycles. The first-order valence-electron chi connectivity index (χ1n) is 4.91. The first-order chi connectivity index (χ1) is 7.02. The van der Waals surface area contributed by atoms with E-state index in [1.54, 1.807) is 11.9 Å². The number of amides is 1. The minimum absolute atomic E-state index is 0.0672. The number of carbonyl (C=O) groups excluding carboxylic acids is 1. The van der Waals surface area contributed by atoms with Gasteiger partial charge in [-0.2, -0.15) is 0 Å². The van der Waals surface area contributed by atoms with Gasteiger partial charge in [0, 0.05) is 13.6 Å². The van der Waals surface area contributed by atoms with Crippen molar-refractivity contribution in [3.05, 3.63) is 0 Å². The van der Waals surface area contributed by atoms with Gasteiger partial charge in [-0.25, -0.2) is 0 Å². The van der Waals surface area contributed by atoms with Crippen molar-refractivity contribution in [2.45, 2.75) is 25.4 Å². The zero-order chi connectivity index (χ0) is 11.4. The van der Waals surface area contributed by atoms with Gasteiger partial charge in [-0.05, 0) is 18.8 Å². The average Bonchev–Trinajstić information content (AvgIpc) is 2.15. The third-order valence-corrected chi connectivity index (χ3v) is 2.63. The second-order valence-corrected chi connectivity index (χ2v) is 4.03. The van der Waals surface area contributed by atoms with E-state index in [2.05, 4.69) is 5.16 Å². The van der Waals surface area contributed by atoms with Crippen LogP contribution in [0, 0.1) is 5.92 Å². The third kappa shape index (κ3) is 3.39. The fourth-order valence-corrected chi connectivity index (χ4v) is 1.66. The van der Waals surface area contributed by atoms with Crippen molar-refractivity contribution in [3.63, 3.8) is 0 Å². The van der Waals surface area contributed by atoms with Crippen LogP contribution in [0.4, 0.5) is 0 Å². The summed E-state index contributed by atoms with van der Waals surface area (Å²) in [4.78, 5) is 13.0. The summed E-state index contributed by atoms with van der Waals surface area (Å²) in [6.45, 7) is 0.620. The molecular weight excluding hydrogens is 198 g/mol. The second-order valence-electron chi connectivity index (χ2n) is 4.03. The minimum atomic E-state index is -0.206. The van der Waals surface area contributed by atoms with Crippen molar-refractivity contribution >= 4 is 11.7 Å². The molecule has 6 nitrogen and oxygen atoms in total. The van der Waals surface area contributed by atoms with Crippen LogP contribution in [0.25, 0.3) is 0 Å². The largest absolute Gasteiger partial charge is 0.409 e. The Labute approximate surface area is 88.4 Å². The Hall–Kier alpha value is -1.30. The maximum Gasteiger partial charge on any atom is 0.230 e. The Morgan fingerprint density at radius 1 is 1.60 bits per heavy atom. The quantitative estimate of drug-likeness (QED) is 0.251. The van der Waals surface area contributed by atoms with Crippen molar-refractivity contribution in [2.24, 2.45) is 16.8 Å². The number of carbonyl (C=O) groups is 1. The molecule has 0 bridgehead atoms. The number of oxime groups is 1. The summed E-state index contributed by atoms with van der Waals surface area (Å²) in [7, 11) is 1.68. The average molecular weight is 215 g/mol. The fourth-order valence-electron chi connectivity index (χ4n) is 1.66. The summed E-state index contributed by atoms with van der Waals surface area (Å²) < 4.78 is 0. The van der Waals surface area contributed by atoms with Crippen molar-refractivity contribution in [3.8, 4) is 0 Å². The normalized spacial score (nSPS) is 25.9. The molecule has 1 fully saturated rings. The fraction of sp³-hybridized carbons (Fsp3) is 0.778. The van der Waals surface area contributed by atoms with Crippen LogP contribution >= 0.6 is 0 Å². The molecule has 1 saturated carbocycles. The number of rotatable bonds is 4. The number of aliphatic hydroxyl groups is 1. The van der Waals surface area contributed by atoms with Crippen LogP contribution in [0.15, 0.2) is 5.16 Å². The van der Waals surface area contributed by atoms with Crippen LogP contribution in [-0.2, 0) is 4.79 Å². The number of amidine groups is 1. The van der Waals surface area contributed by atoms with E-state index in [-0.39, 0.29) is 24.3 Å². The highest BCUT2D eigenvalue weighted by Gasteiger charge is 2.29. The Morgan fingerprint density at radius 3 is 2.67 bits per heavy atom. The van der Waals surface area contributed by atoms with Gasteiger partial charge in [-0.15, -0.1) is 0 Å². The molecule has 0 spiro atoms. The van der Waals surface area contributed by atoms with E-state index in [9.17, 15) is 4.79 Å². The van der Waals surface area contributed by atoms with Crippen molar-refractivity contribution in [1.29, 1.82) is 0 Å². The number of hydrogen-bond acceptors (Lipinski definition) is 4.